The summed E-state index contributed by atoms with van der Waals surface area (Å²) < 4.78 is 0. The molecule has 0 radical (unpaired) electrons. The maximum absolute atomic E-state index is 11.0. The summed E-state index contributed by atoms with van der Waals surface area (Å²) in [5.41, 5.74) is 2.26. The molecule has 2 nitrogen and oxygen atoms in total. The largest absolute Gasteiger partial charge is 0.481 e. The molecule has 0 aliphatic rings. The second-order valence-electron chi connectivity index (χ2n) is 3.47. The Morgan fingerprint density at radius 2 is 2.25 bits per heavy atom. The number of halogens is 2. The van der Waals surface area contributed by atoms with Crippen LogP contribution in [-0.2, 0) is 11.2 Å². The molecule has 1 rings (SSSR count). The van der Waals surface area contributed by atoms with E-state index in [-0.39, 0.29) is 0 Å². The lowest BCUT2D eigenvalue weighted by molar-refractivity contribution is -0.141. The van der Waals surface area contributed by atoms with E-state index in [1.165, 1.54) is 5.54 Å². The standard InChI is InChI=1S/C12H12Cl2O2/c13-6-2-4-10(12(15)16)7-9-3-1-5-11(14)8-9/h1-3,5-6,8,10H,4,7H2,(H,15,16)/b6-2+. The fraction of sp³-hybridized carbons (Fsp3) is 0.250. The van der Waals surface area contributed by atoms with Gasteiger partial charge in [-0.2, -0.15) is 0 Å². The van der Waals surface area contributed by atoms with Crippen molar-refractivity contribution in [2.45, 2.75) is 12.8 Å². The molecule has 0 bridgehead atoms. The van der Waals surface area contributed by atoms with Gasteiger partial charge >= 0.3 is 5.97 Å². The van der Waals surface area contributed by atoms with Crippen LogP contribution < -0.4 is 0 Å². The van der Waals surface area contributed by atoms with E-state index < -0.39 is 11.9 Å². The van der Waals surface area contributed by atoms with Gasteiger partial charge in [0.05, 0.1) is 5.92 Å². The third-order valence-electron chi connectivity index (χ3n) is 2.23. The first-order chi connectivity index (χ1) is 7.63. The average Bonchev–Trinajstić information content (AvgIpc) is 2.24. The molecule has 0 spiro atoms. The Kier molecular flexibility index (Phi) is 5.36. The number of carboxylic acid groups (broad SMARTS) is 1. The summed E-state index contributed by atoms with van der Waals surface area (Å²) in [6.07, 6.45) is 2.52. The zero-order valence-corrected chi connectivity index (χ0v) is 10.1. The van der Waals surface area contributed by atoms with Gasteiger partial charge in [-0.3, -0.25) is 4.79 Å². The van der Waals surface area contributed by atoms with Gasteiger partial charge in [-0.15, -0.1) is 0 Å². The van der Waals surface area contributed by atoms with Crippen molar-refractivity contribution in [1.82, 2.24) is 0 Å². The molecule has 1 unspecified atom stereocenters. The summed E-state index contributed by atoms with van der Waals surface area (Å²) in [6, 6.07) is 7.22. The van der Waals surface area contributed by atoms with Crippen LogP contribution in [0.1, 0.15) is 12.0 Å². The van der Waals surface area contributed by atoms with Crippen molar-refractivity contribution >= 4 is 29.2 Å². The number of allylic oxidation sites excluding steroid dienone is 1. The van der Waals surface area contributed by atoms with Gasteiger partial charge in [-0.05, 0) is 30.5 Å². The van der Waals surface area contributed by atoms with Crippen molar-refractivity contribution in [2.75, 3.05) is 0 Å². The van der Waals surface area contributed by atoms with E-state index in [1.807, 2.05) is 12.1 Å². The molecule has 4 heteroatoms. The monoisotopic (exact) mass is 258 g/mol. The highest BCUT2D eigenvalue weighted by Gasteiger charge is 2.16. The van der Waals surface area contributed by atoms with Crippen LogP contribution in [0.2, 0.25) is 5.02 Å². The molecule has 0 saturated heterocycles. The molecular weight excluding hydrogens is 247 g/mol. The van der Waals surface area contributed by atoms with Crippen molar-refractivity contribution in [1.29, 1.82) is 0 Å². The maximum atomic E-state index is 11.0. The number of carboxylic acids is 1. The van der Waals surface area contributed by atoms with E-state index in [4.69, 9.17) is 28.3 Å². The molecule has 16 heavy (non-hydrogen) atoms. The Bertz CT molecular complexity index is 388. The number of hydrogen-bond acceptors (Lipinski definition) is 1. The Morgan fingerprint density at radius 3 is 2.81 bits per heavy atom. The van der Waals surface area contributed by atoms with E-state index in [1.54, 1.807) is 18.2 Å². The predicted molar refractivity (Wildman–Crippen MR) is 65.9 cm³/mol. The average molecular weight is 259 g/mol. The Hall–Kier alpha value is -0.990. The minimum atomic E-state index is -0.824. The van der Waals surface area contributed by atoms with Gasteiger partial charge in [0.25, 0.3) is 0 Å². The van der Waals surface area contributed by atoms with Crippen molar-refractivity contribution < 1.29 is 9.90 Å². The zero-order chi connectivity index (χ0) is 12.0. The zero-order valence-electron chi connectivity index (χ0n) is 8.57. The van der Waals surface area contributed by atoms with Gasteiger partial charge in [-0.25, -0.2) is 0 Å². The highest BCUT2D eigenvalue weighted by molar-refractivity contribution is 6.30. The van der Waals surface area contributed by atoms with Gasteiger partial charge in [0, 0.05) is 10.6 Å². The third kappa shape index (κ3) is 4.25. The molecule has 0 amide bonds. The van der Waals surface area contributed by atoms with E-state index in [0.717, 1.165) is 5.56 Å². The number of benzene rings is 1. The lowest BCUT2D eigenvalue weighted by atomic mass is 9.96. The molecule has 1 atom stereocenters. The van der Waals surface area contributed by atoms with Crippen LogP contribution in [0.5, 0.6) is 0 Å². The summed E-state index contributed by atoms with van der Waals surface area (Å²) >= 11 is 11.2. The summed E-state index contributed by atoms with van der Waals surface area (Å²) in [5, 5.41) is 9.64. The quantitative estimate of drug-likeness (QED) is 0.874. The summed E-state index contributed by atoms with van der Waals surface area (Å²) in [7, 11) is 0. The molecule has 1 aromatic rings. The van der Waals surface area contributed by atoms with Gasteiger partial charge < -0.3 is 5.11 Å². The van der Waals surface area contributed by atoms with Crippen LogP contribution in [0.15, 0.2) is 35.9 Å². The fourth-order valence-corrected chi connectivity index (χ4v) is 1.75. The van der Waals surface area contributed by atoms with Crippen LogP contribution in [0, 0.1) is 5.92 Å². The van der Waals surface area contributed by atoms with Crippen molar-refractivity contribution in [3.63, 3.8) is 0 Å². The first-order valence-electron chi connectivity index (χ1n) is 4.86. The second kappa shape index (κ2) is 6.56. The van der Waals surface area contributed by atoms with E-state index in [0.29, 0.717) is 17.9 Å². The highest BCUT2D eigenvalue weighted by atomic mass is 35.5. The van der Waals surface area contributed by atoms with Crippen LogP contribution in [0.3, 0.4) is 0 Å². The molecule has 0 aliphatic carbocycles. The topological polar surface area (TPSA) is 37.3 Å². The number of rotatable bonds is 5. The SMILES string of the molecule is O=C(O)C(C/C=C/Cl)Cc1cccc(Cl)c1. The van der Waals surface area contributed by atoms with E-state index in [2.05, 4.69) is 0 Å². The Morgan fingerprint density at radius 1 is 1.50 bits per heavy atom. The number of aliphatic carboxylic acids is 1. The highest BCUT2D eigenvalue weighted by Crippen LogP contribution is 2.17. The van der Waals surface area contributed by atoms with E-state index in [9.17, 15) is 4.79 Å². The minimum absolute atomic E-state index is 0.422. The molecule has 86 valence electrons. The molecule has 0 fully saturated rings. The second-order valence-corrected chi connectivity index (χ2v) is 4.16. The van der Waals surface area contributed by atoms with Gasteiger partial charge in [-0.1, -0.05) is 41.4 Å². The summed E-state index contributed by atoms with van der Waals surface area (Å²) in [6.45, 7) is 0. The Balaban J connectivity index is 2.71. The first kappa shape index (κ1) is 13.1. The number of carbonyl (C=O) groups is 1. The third-order valence-corrected chi connectivity index (χ3v) is 2.64. The fourth-order valence-electron chi connectivity index (χ4n) is 1.44. The van der Waals surface area contributed by atoms with Crippen molar-refractivity contribution in [3.05, 3.63) is 46.5 Å². The van der Waals surface area contributed by atoms with Crippen LogP contribution >= 0.6 is 23.2 Å². The Labute approximate surface area is 104 Å². The first-order valence-corrected chi connectivity index (χ1v) is 5.67. The van der Waals surface area contributed by atoms with Crippen LogP contribution in [0.25, 0.3) is 0 Å². The lowest BCUT2D eigenvalue weighted by Crippen LogP contribution is -2.15. The van der Waals surface area contributed by atoms with Gasteiger partial charge in [0.15, 0.2) is 0 Å². The molecule has 0 aromatic heterocycles. The molecule has 0 saturated carbocycles. The molecule has 0 aliphatic heterocycles. The van der Waals surface area contributed by atoms with E-state index >= 15 is 0 Å². The normalized spacial score (nSPS) is 12.9. The maximum Gasteiger partial charge on any atom is 0.307 e. The van der Waals surface area contributed by atoms with Crippen molar-refractivity contribution in [3.8, 4) is 0 Å². The molecular formula is C12H12Cl2O2. The predicted octanol–water partition coefficient (Wildman–Crippen LogP) is 3.73. The molecule has 1 aromatic carbocycles. The van der Waals surface area contributed by atoms with Gasteiger partial charge in [0.1, 0.15) is 0 Å². The van der Waals surface area contributed by atoms with Crippen molar-refractivity contribution in [2.24, 2.45) is 5.92 Å². The lowest BCUT2D eigenvalue weighted by Gasteiger charge is -2.09. The summed E-state index contributed by atoms with van der Waals surface area (Å²) in [5.74, 6) is -1.29. The molecule has 0 heterocycles. The smallest absolute Gasteiger partial charge is 0.307 e. The van der Waals surface area contributed by atoms with Crippen LogP contribution in [-0.4, -0.2) is 11.1 Å². The van der Waals surface area contributed by atoms with Crippen LogP contribution in [0.4, 0.5) is 0 Å². The minimum Gasteiger partial charge on any atom is -0.481 e. The summed E-state index contributed by atoms with van der Waals surface area (Å²) in [4.78, 5) is 11.0. The van der Waals surface area contributed by atoms with Gasteiger partial charge in [0.2, 0.25) is 0 Å². The number of hydrogen-bond donors (Lipinski definition) is 1. The molecule has 1 N–H and O–H groups in total.